The van der Waals surface area contributed by atoms with Gasteiger partial charge in [-0.3, -0.25) is 0 Å². The fourth-order valence-corrected chi connectivity index (χ4v) is 2.83. The van der Waals surface area contributed by atoms with Gasteiger partial charge in [0.2, 0.25) is 0 Å². The van der Waals surface area contributed by atoms with E-state index in [9.17, 15) is 0 Å². The molecule has 0 bridgehead atoms. The Bertz CT molecular complexity index is 338. The van der Waals surface area contributed by atoms with Crippen LogP contribution in [0.1, 0.15) is 19.8 Å². The van der Waals surface area contributed by atoms with Crippen molar-refractivity contribution in [3.05, 3.63) is 28.7 Å². The largest absolute Gasteiger partial charge is 0.368 e. The van der Waals surface area contributed by atoms with E-state index in [1.165, 1.54) is 23.0 Å². The van der Waals surface area contributed by atoms with Crippen LogP contribution in [0.3, 0.4) is 0 Å². The second kappa shape index (κ2) is 5.69. The zero-order valence-corrected chi connectivity index (χ0v) is 11.3. The molecule has 3 heteroatoms. The Morgan fingerprint density at radius 2 is 2.25 bits per heavy atom. The number of nitrogens with one attached hydrogen (secondary N) is 1. The normalized spacial score (nSPS) is 21.1. The van der Waals surface area contributed by atoms with Gasteiger partial charge < -0.3 is 10.2 Å². The van der Waals surface area contributed by atoms with E-state index in [2.05, 4.69) is 57.3 Å². The number of para-hydroxylation sites is 1. The van der Waals surface area contributed by atoms with Crippen LogP contribution in [0.15, 0.2) is 28.7 Å². The molecule has 1 aromatic carbocycles. The number of nitrogens with zero attached hydrogens (tertiary/aromatic N) is 1. The third kappa shape index (κ3) is 2.77. The van der Waals surface area contributed by atoms with Gasteiger partial charge in [0.05, 0.1) is 5.69 Å². The average Bonchev–Trinajstić information content (AvgIpc) is 2.30. The Kier molecular flexibility index (Phi) is 4.24. The number of benzene rings is 1. The summed E-state index contributed by atoms with van der Waals surface area (Å²) in [5.74, 6) is 0. The van der Waals surface area contributed by atoms with Crippen molar-refractivity contribution >= 4 is 21.6 Å². The maximum absolute atomic E-state index is 3.63. The Hall–Kier alpha value is -0.540. The maximum atomic E-state index is 3.63. The number of rotatable bonds is 3. The molecule has 88 valence electrons. The highest BCUT2D eigenvalue weighted by Gasteiger charge is 2.19. The second-order valence-electron chi connectivity index (χ2n) is 4.34. The predicted molar refractivity (Wildman–Crippen MR) is 73.1 cm³/mol. The third-order valence-electron chi connectivity index (χ3n) is 3.09. The van der Waals surface area contributed by atoms with E-state index in [4.69, 9.17) is 0 Å². The molecule has 0 aliphatic carbocycles. The molecule has 1 aliphatic heterocycles. The van der Waals surface area contributed by atoms with Gasteiger partial charge in [-0.25, -0.2) is 0 Å². The van der Waals surface area contributed by atoms with Gasteiger partial charge in [0, 0.05) is 30.1 Å². The Morgan fingerprint density at radius 1 is 1.44 bits per heavy atom. The Morgan fingerprint density at radius 3 is 3.00 bits per heavy atom. The first-order chi connectivity index (χ1) is 7.81. The van der Waals surface area contributed by atoms with Crippen LogP contribution < -0.4 is 10.2 Å². The summed E-state index contributed by atoms with van der Waals surface area (Å²) in [4.78, 5) is 2.47. The van der Waals surface area contributed by atoms with Crippen LogP contribution in [0.4, 0.5) is 5.69 Å². The second-order valence-corrected chi connectivity index (χ2v) is 5.19. The van der Waals surface area contributed by atoms with Gasteiger partial charge in [0.25, 0.3) is 0 Å². The van der Waals surface area contributed by atoms with Crippen LogP contribution in [0.2, 0.25) is 0 Å². The molecule has 1 heterocycles. The fourth-order valence-electron chi connectivity index (χ4n) is 2.29. The van der Waals surface area contributed by atoms with Crippen LogP contribution in [-0.2, 0) is 0 Å². The van der Waals surface area contributed by atoms with E-state index < -0.39 is 0 Å². The number of halogens is 1. The van der Waals surface area contributed by atoms with Gasteiger partial charge in [0.15, 0.2) is 0 Å². The molecule has 0 spiro atoms. The summed E-state index contributed by atoms with van der Waals surface area (Å²) in [5.41, 5.74) is 1.32. The molecule has 16 heavy (non-hydrogen) atoms. The first kappa shape index (κ1) is 11.9. The summed E-state index contributed by atoms with van der Waals surface area (Å²) < 4.78 is 1.20. The van der Waals surface area contributed by atoms with Gasteiger partial charge in [0.1, 0.15) is 0 Å². The van der Waals surface area contributed by atoms with Crippen molar-refractivity contribution in [1.82, 2.24) is 5.32 Å². The van der Waals surface area contributed by atoms with Crippen molar-refractivity contribution in [1.29, 1.82) is 0 Å². The number of hydrogen-bond donors (Lipinski definition) is 1. The van der Waals surface area contributed by atoms with Crippen LogP contribution in [0, 0.1) is 0 Å². The van der Waals surface area contributed by atoms with Crippen molar-refractivity contribution in [3.63, 3.8) is 0 Å². The summed E-state index contributed by atoms with van der Waals surface area (Å²) in [5, 5.41) is 3.58. The van der Waals surface area contributed by atoms with Gasteiger partial charge in [-0.1, -0.05) is 25.5 Å². The zero-order valence-electron chi connectivity index (χ0n) is 9.75. The lowest BCUT2D eigenvalue weighted by Crippen LogP contribution is -2.50. The monoisotopic (exact) mass is 282 g/mol. The highest BCUT2D eigenvalue weighted by Crippen LogP contribution is 2.26. The molecule has 1 atom stereocenters. The van der Waals surface area contributed by atoms with Gasteiger partial charge in [-0.2, -0.15) is 0 Å². The minimum absolute atomic E-state index is 0.644. The minimum Gasteiger partial charge on any atom is -0.368 e. The molecule has 0 amide bonds. The molecule has 2 nitrogen and oxygen atoms in total. The molecule has 0 radical (unpaired) electrons. The molecule has 0 saturated carbocycles. The minimum atomic E-state index is 0.644. The van der Waals surface area contributed by atoms with E-state index in [1.54, 1.807) is 0 Å². The van der Waals surface area contributed by atoms with Crippen molar-refractivity contribution in [3.8, 4) is 0 Å². The van der Waals surface area contributed by atoms with Crippen LogP contribution >= 0.6 is 15.9 Å². The summed E-state index contributed by atoms with van der Waals surface area (Å²) in [6.45, 7) is 5.56. The van der Waals surface area contributed by atoms with E-state index >= 15 is 0 Å². The molecule has 1 fully saturated rings. The quantitative estimate of drug-likeness (QED) is 0.917. The van der Waals surface area contributed by atoms with Crippen molar-refractivity contribution in [2.75, 3.05) is 24.5 Å². The SMILES string of the molecule is CCCC1CN(c2ccccc2Br)CCN1. The van der Waals surface area contributed by atoms with E-state index in [1.807, 2.05) is 0 Å². The molecular formula is C13H19BrN2. The summed E-state index contributed by atoms with van der Waals surface area (Å²) in [6, 6.07) is 9.13. The van der Waals surface area contributed by atoms with Gasteiger partial charge in [-0.15, -0.1) is 0 Å². The van der Waals surface area contributed by atoms with E-state index in [0.717, 1.165) is 19.6 Å². The molecule has 0 aromatic heterocycles. The number of piperazine rings is 1. The smallest absolute Gasteiger partial charge is 0.0511 e. The lowest BCUT2D eigenvalue weighted by Gasteiger charge is -2.35. The molecule has 1 unspecified atom stereocenters. The Labute approximate surface area is 106 Å². The highest BCUT2D eigenvalue weighted by atomic mass is 79.9. The van der Waals surface area contributed by atoms with Gasteiger partial charge >= 0.3 is 0 Å². The lowest BCUT2D eigenvalue weighted by molar-refractivity contribution is 0.430. The molecule has 2 rings (SSSR count). The van der Waals surface area contributed by atoms with Gasteiger partial charge in [-0.05, 0) is 34.5 Å². The van der Waals surface area contributed by atoms with Crippen molar-refractivity contribution in [2.24, 2.45) is 0 Å². The standard InChI is InChI=1S/C13H19BrN2/c1-2-5-11-10-16(9-8-15-11)13-7-4-3-6-12(13)14/h3-4,6-7,11,15H,2,5,8-10H2,1H3. The fraction of sp³-hybridized carbons (Fsp3) is 0.538. The number of anilines is 1. The first-order valence-electron chi connectivity index (χ1n) is 6.04. The Balaban J connectivity index is 2.07. The van der Waals surface area contributed by atoms with Crippen LogP contribution in [0.25, 0.3) is 0 Å². The van der Waals surface area contributed by atoms with Crippen LogP contribution in [0.5, 0.6) is 0 Å². The summed E-state index contributed by atoms with van der Waals surface area (Å²) in [6.07, 6.45) is 2.52. The molecule has 1 aliphatic rings. The maximum Gasteiger partial charge on any atom is 0.0511 e. The third-order valence-corrected chi connectivity index (χ3v) is 3.76. The molecule has 1 aromatic rings. The van der Waals surface area contributed by atoms with Crippen molar-refractivity contribution in [2.45, 2.75) is 25.8 Å². The zero-order chi connectivity index (χ0) is 11.4. The summed E-state index contributed by atoms with van der Waals surface area (Å²) in [7, 11) is 0. The van der Waals surface area contributed by atoms with Crippen LogP contribution in [-0.4, -0.2) is 25.7 Å². The van der Waals surface area contributed by atoms with E-state index in [0.29, 0.717) is 6.04 Å². The van der Waals surface area contributed by atoms with Crippen molar-refractivity contribution < 1.29 is 0 Å². The lowest BCUT2D eigenvalue weighted by atomic mass is 10.1. The predicted octanol–water partition coefficient (Wildman–Crippen LogP) is 3.03. The summed E-state index contributed by atoms with van der Waals surface area (Å²) >= 11 is 3.63. The molecule has 1 saturated heterocycles. The highest BCUT2D eigenvalue weighted by molar-refractivity contribution is 9.10. The average molecular weight is 283 g/mol. The molecular weight excluding hydrogens is 264 g/mol. The first-order valence-corrected chi connectivity index (χ1v) is 6.83. The number of hydrogen-bond acceptors (Lipinski definition) is 2. The topological polar surface area (TPSA) is 15.3 Å². The molecule has 1 N–H and O–H groups in total. The van der Waals surface area contributed by atoms with E-state index in [-0.39, 0.29) is 0 Å².